The largest absolute Gasteiger partial charge is 0.243 e. The minimum Gasteiger partial charge on any atom is -0.207 e. The molecule has 0 bridgehead atoms. The van der Waals surface area contributed by atoms with E-state index in [4.69, 9.17) is 5.26 Å². The molecule has 4 nitrogen and oxygen atoms in total. The van der Waals surface area contributed by atoms with Gasteiger partial charge in [0.05, 0.1) is 11.0 Å². The fourth-order valence-electron chi connectivity index (χ4n) is 1.52. The lowest BCUT2D eigenvalue weighted by Crippen LogP contribution is -2.31. The third-order valence-corrected chi connectivity index (χ3v) is 5.18. The molecule has 18 heavy (non-hydrogen) atoms. The van der Waals surface area contributed by atoms with E-state index in [1.807, 2.05) is 6.07 Å². The van der Waals surface area contributed by atoms with Crippen molar-refractivity contribution in [2.24, 2.45) is 0 Å². The third-order valence-electron chi connectivity index (χ3n) is 2.54. The highest BCUT2D eigenvalue weighted by molar-refractivity contribution is 9.08. The summed E-state index contributed by atoms with van der Waals surface area (Å²) in [7, 11) is -3.48. The van der Waals surface area contributed by atoms with Crippen molar-refractivity contribution in [3.05, 3.63) is 29.8 Å². The van der Waals surface area contributed by atoms with Crippen LogP contribution in [0.4, 0.5) is 0 Å². The minimum absolute atomic E-state index is 0.201. The Kier molecular flexibility index (Phi) is 5.79. The Balaban J connectivity index is 2.99. The molecule has 0 aliphatic carbocycles. The minimum atomic E-state index is -3.48. The maximum Gasteiger partial charge on any atom is 0.243 e. The predicted molar refractivity (Wildman–Crippen MR) is 73.7 cm³/mol. The van der Waals surface area contributed by atoms with E-state index >= 15 is 0 Å². The lowest BCUT2D eigenvalue weighted by atomic mass is 10.2. The molecule has 0 N–H and O–H groups in total. The van der Waals surface area contributed by atoms with Gasteiger partial charge in [0, 0.05) is 24.8 Å². The molecule has 0 heterocycles. The summed E-state index contributed by atoms with van der Waals surface area (Å²) in [6.45, 7) is 2.36. The number of sulfonamides is 1. The van der Waals surface area contributed by atoms with Gasteiger partial charge in [-0.3, -0.25) is 0 Å². The second kappa shape index (κ2) is 6.88. The van der Waals surface area contributed by atoms with Crippen LogP contribution in [0.25, 0.3) is 0 Å². The summed E-state index contributed by atoms with van der Waals surface area (Å²) in [5.41, 5.74) is 1.02. The van der Waals surface area contributed by atoms with Gasteiger partial charge in [-0.25, -0.2) is 8.42 Å². The van der Waals surface area contributed by atoms with E-state index in [2.05, 4.69) is 15.9 Å². The van der Waals surface area contributed by atoms with E-state index in [9.17, 15) is 8.42 Å². The number of benzene rings is 1. The summed E-state index contributed by atoms with van der Waals surface area (Å²) in [5.74, 6) is 0. The van der Waals surface area contributed by atoms with Crippen LogP contribution in [0.15, 0.2) is 29.2 Å². The molecule has 0 saturated heterocycles. The fourth-order valence-corrected chi connectivity index (χ4v) is 3.35. The van der Waals surface area contributed by atoms with Gasteiger partial charge in [-0.2, -0.15) is 9.57 Å². The Morgan fingerprint density at radius 3 is 2.39 bits per heavy atom. The number of nitriles is 1. The van der Waals surface area contributed by atoms with Gasteiger partial charge in [-0.1, -0.05) is 35.0 Å². The molecule has 0 fully saturated rings. The van der Waals surface area contributed by atoms with E-state index in [1.165, 1.54) is 4.31 Å². The number of halogens is 1. The molecule has 1 aromatic carbocycles. The molecule has 0 radical (unpaired) electrons. The lowest BCUT2D eigenvalue weighted by Gasteiger charge is -2.19. The monoisotopic (exact) mass is 330 g/mol. The first kappa shape index (κ1) is 15.2. The number of alkyl halides is 1. The van der Waals surface area contributed by atoms with Gasteiger partial charge in [0.1, 0.15) is 0 Å². The number of nitrogens with zero attached hydrogens (tertiary/aromatic N) is 2. The fraction of sp³-hybridized carbons (Fsp3) is 0.417. The van der Waals surface area contributed by atoms with Crippen LogP contribution in [0.2, 0.25) is 0 Å². The quantitative estimate of drug-likeness (QED) is 0.753. The molecule has 0 aliphatic heterocycles. The molecule has 0 unspecified atom stereocenters. The molecule has 0 aromatic heterocycles. The summed E-state index contributed by atoms with van der Waals surface area (Å²) < 4.78 is 25.9. The van der Waals surface area contributed by atoms with Gasteiger partial charge in [0.2, 0.25) is 10.0 Å². The van der Waals surface area contributed by atoms with E-state index in [1.54, 1.807) is 31.2 Å². The van der Waals surface area contributed by atoms with Gasteiger partial charge in [0.15, 0.2) is 0 Å². The van der Waals surface area contributed by atoms with Crippen LogP contribution in [-0.4, -0.2) is 25.8 Å². The van der Waals surface area contributed by atoms with Gasteiger partial charge in [-0.05, 0) is 17.7 Å². The number of rotatable bonds is 6. The van der Waals surface area contributed by atoms with E-state index < -0.39 is 10.0 Å². The summed E-state index contributed by atoms with van der Waals surface area (Å²) in [5, 5.41) is 9.23. The van der Waals surface area contributed by atoms with Gasteiger partial charge >= 0.3 is 0 Å². The first-order valence-corrected chi connectivity index (χ1v) is 8.14. The van der Waals surface area contributed by atoms with Crippen LogP contribution in [0.1, 0.15) is 18.9 Å². The lowest BCUT2D eigenvalue weighted by molar-refractivity contribution is 0.435. The van der Waals surface area contributed by atoms with Crippen molar-refractivity contribution in [3.8, 4) is 6.07 Å². The van der Waals surface area contributed by atoms with Crippen molar-refractivity contribution < 1.29 is 8.42 Å². The molecule has 1 aromatic rings. The topological polar surface area (TPSA) is 61.2 Å². The van der Waals surface area contributed by atoms with Crippen LogP contribution in [0, 0.1) is 11.3 Å². The number of hydrogen-bond acceptors (Lipinski definition) is 3. The van der Waals surface area contributed by atoms with Gasteiger partial charge in [0.25, 0.3) is 0 Å². The maximum atomic E-state index is 12.3. The van der Waals surface area contributed by atoms with Gasteiger partial charge in [-0.15, -0.1) is 0 Å². The summed E-state index contributed by atoms with van der Waals surface area (Å²) in [4.78, 5) is 0.270. The Morgan fingerprint density at radius 1 is 1.33 bits per heavy atom. The standard InChI is InChI=1S/C12H15BrN2O2S/c1-2-15(9-3-8-14)18(16,17)12-6-4-11(10-13)5-7-12/h4-7H,2-3,9-10H2,1H3. The van der Waals surface area contributed by atoms with E-state index in [0.29, 0.717) is 11.9 Å². The summed E-state index contributed by atoms with van der Waals surface area (Å²) >= 11 is 3.31. The molecule has 0 amide bonds. The molecular formula is C12H15BrN2O2S. The SMILES string of the molecule is CCN(CCC#N)S(=O)(=O)c1ccc(CBr)cc1. The second-order valence-corrected chi connectivity index (χ2v) is 6.18. The van der Waals surface area contributed by atoms with Crippen molar-refractivity contribution in [2.75, 3.05) is 13.1 Å². The number of hydrogen-bond donors (Lipinski definition) is 0. The summed E-state index contributed by atoms with van der Waals surface area (Å²) in [6.07, 6.45) is 0.201. The van der Waals surface area contributed by atoms with Crippen LogP contribution >= 0.6 is 15.9 Å². The molecule has 1 rings (SSSR count). The molecule has 0 aliphatic rings. The maximum absolute atomic E-state index is 12.3. The highest BCUT2D eigenvalue weighted by Crippen LogP contribution is 2.17. The third kappa shape index (κ3) is 3.55. The highest BCUT2D eigenvalue weighted by atomic mass is 79.9. The van der Waals surface area contributed by atoms with Crippen LogP contribution in [0.5, 0.6) is 0 Å². The first-order chi connectivity index (χ1) is 8.56. The molecule has 0 saturated carbocycles. The first-order valence-electron chi connectivity index (χ1n) is 5.58. The average molecular weight is 331 g/mol. The molecule has 0 spiro atoms. The van der Waals surface area contributed by atoms with Crippen molar-refractivity contribution in [2.45, 2.75) is 23.6 Å². The van der Waals surface area contributed by atoms with Crippen molar-refractivity contribution in [3.63, 3.8) is 0 Å². The van der Waals surface area contributed by atoms with Crippen LogP contribution < -0.4 is 0 Å². The predicted octanol–water partition coefficient (Wildman–Crippen LogP) is 2.51. The van der Waals surface area contributed by atoms with Gasteiger partial charge < -0.3 is 0 Å². The highest BCUT2D eigenvalue weighted by Gasteiger charge is 2.22. The zero-order valence-electron chi connectivity index (χ0n) is 10.1. The smallest absolute Gasteiger partial charge is 0.207 e. The summed E-state index contributed by atoms with van der Waals surface area (Å²) in [6, 6.07) is 8.71. The van der Waals surface area contributed by atoms with Crippen molar-refractivity contribution in [1.29, 1.82) is 5.26 Å². The molecule has 98 valence electrons. The van der Waals surface area contributed by atoms with E-state index in [0.717, 1.165) is 5.56 Å². The van der Waals surface area contributed by atoms with Crippen LogP contribution in [0.3, 0.4) is 0 Å². The normalized spacial score (nSPS) is 11.4. The average Bonchev–Trinajstić information content (AvgIpc) is 2.39. The van der Waals surface area contributed by atoms with Crippen LogP contribution in [-0.2, 0) is 15.4 Å². The Bertz CT molecular complexity index is 520. The Labute approximate surface area is 116 Å². The zero-order valence-corrected chi connectivity index (χ0v) is 12.5. The second-order valence-electron chi connectivity index (χ2n) is 3.68. The Hall–Kier alpha value is -0.900. The molecular weight excluding hydrogens is 316 g/mol. The Morgan fingerprint density at radius 2 is 1.94 bits per heavy atom. The van der Waals surface area contributed by atoms with Crippen molar-refractivity contribution in [1.82, 2.24) is 4.31 Å². The molecule has 0 atom stereocenters. The zero-order chi connectivity index (χ0) is 13.6. The molecule has 6 heteroatoms. The van der Waals surface area contributed by atoms with E-state index in [-0.39, 0.29) is 17.9 Å². The van der Waals surface area contributed by atoms with Crippen molar-refractivity contribution >= 4 is 26.0 Å².